The van der Waals surface area contributed by atoms with E-state index in [1.165, 1.54) is 4.90 Å². The van der Waals surface area contributed by atoms with Gasteiger partial charge in [-0.05, 0) is 16.3 Å². The number of hydrogen-bond acceptors (Lipinski definition) is 2. The zero-order valence-electron chi connectivity index (χ0n) is 9.72. The van der Waals surface area contributed by atoms with E-state index in [-0.39, 0.29) is 18.5 Å². The molecule has 4 nitrogen and oxygen atoms in total. The van der Waals surface area contributed by atoms with Crippen molar-refractivity contribution in [3.8, 4) is 0 Å². The molecule has 0 spiro atoms. The van der Waals surface area contributed by atoms with Crippen LogP contribution in [0.4, 0.5) is 4.79 Å². The third-order valence-electron chi connectivity index (χ3n) is 3.11. The fourth-order valence-electron chi connectivity index (χ4n) is 2.25. The van der Waals surface area contributed by atoms with Gasteiger partial charge in [0.1, 0.15) is 6.54 Å². The molecule has 1 fully saturated rings. The van der Waals surface area contributed by atoms with Crippen molar-refractivity contribution in [1.29, 1.82) is 0 Å². The quantitative estimate of drug-likeness (QED) is 0.815. The van der Waals surface area contributed by atoms with Crippen LogP contribution >= 0.6 is 0 Å². The number of urea groups is 1. The van der Waals surface area contributed by atoms with Gasteiger partial charge < -0.3 is 4.90 Å². The lowest BCUT2D eigenvalue weighted by atomic mass is 10.0. The second-order valence-corrected chi connectivity index (χ2v) is 4.35. The van der Waals surface area contributed by atoms with E-state index in [1.54, 1.807) is 0 Å². The predicted molar refractivity (Wildman–Crippen MR) is 67.9 cm³/mol. The van der Waals surface area contributed by atoms with Gasteiger partial charge in [-0.15, -0.1) is 0 Å². The lowest BCUT2D eigenvalue weighted by molar-refractivity contribution is -0.118. The topological polar surface area (TPSA) is 49.4 Å². The molecule has 2 aromatic carbocycles. The molecule has 1 aliphatic rings. The van der Waals surface area contributed by atoms with Crippen molar-refractivity contribution in [3.05, 3.63) is 48.0 Å². The fraction of sp³-hybridized carbons (Fsp3) is 0.143. The molecule has 1 heterocycles. The minimum absolute atomic E-state index is 0.141. The molecular formula is C14H12N2O2. The summed E-state index contributed by atoms with van der Waals surface area (Å²) in [5, 5.41) is 4.54. The van der Waals surface area contributed by atoms with Crippen LogP contribution in [0, 0.1) is 0 Å². The summed E-state index contributed by atoms with van der Waals surface area (Å²) < 4.78 is 0. The van der Waals surface area contributed by atoms with Crippen LogP contribution in [0.15, 0.2) is 42.5 Å². The second kappa shape index (κ2) is 4.14. The highest BCUT2D eigenvalue weighted by atomic mass is 16.2. The molecule has 1 N–H and O–H groups in total. The monoisotopic (exact) mass is 240 g/mol. The number of amides is 3. The van der Waals surface area contributed by atoms with Crippen LogP contribution in [0.1, 0.15) is 5.56 Å². The standard InChI is InChI=1S/C14H12N2O2/c17-13-9-16(14(18)15-13)8-11-6-3-5-10-4-1-2-7-12(10)11/h1-7H,8-9H2,(H,15,17,18). The van der Waals surface area contributed by atoms with Crippen molar-refractivity contribution in [2.24, 2.45) is 0 Å². The van der Waals surface area contributed by atoms with E-state index < -0.39 is 0 Å². The Morgan fingerprint density at radius 1 is 1.06 bits per heavy atom. The Bertz CT molecular complexity index is 631. The Labute approximate surface area is 104 Å². The number of carbonyl (C=O) groups is 2. The Morgan fingerprint density at radius 3 is 2.61 bits per heavy atom. The molecule has 90 valence electrons. The van der Waals surface area contributed by atoms with Crippen LogP contribution < -0.4 is 5.32 Å². The van der Waals surface area contributed by atoms with Gasteiger partial charge in [0, 0.05) is 6.54 Å². The Hall–Kier alpha value is -2.36. The largest absolute Gasteiger partial charge is 0.324 e. The number of nitrogens with zero attached hydrogens (tertiary/aromatic N) is 1. The molecule has 3 rings (SSSR count). The number of imide groups is 1. The average Bonchev–Trinajstić information content (AvgIpc) is 2.68. The highest BCUT2D eigenvalue weighted by molar-refractivity contribution is 6.02. The zero-order chi connectivity index (χ0) is 12.5. The summed E-state index contributed by atoms with van der Waals surface area (Å²) in [5.41, 5.74) is 1.05. The predicted octanol–water partition coefficient (Wildman–Crippen LogP) is 1.89. The smallest absolute Gasteiger partial charge is 0.311 e. The molecule has 1 aliphatic heterocycles. The molecule has 2 aromatic rings. The summed E-state index contributed by atoms with van der Waals surface area (Å²) in [6, 6.07) is 13.7. The average molecular weight is 240 g/mol. The molecule has 0 unspecified atom stereocenters. The third-order valence-corrected chi connectivity index (χ3v) is 3.11. The van der Waals surface area contributed by atoms with E-state index in [2.05, 4.69) is 5.32 Å². The van der Waals surface area contributed by atoms with Crippen molar-refractivity contribution >= 4 is 22.7 Å². The summed E-state index contributed by atoms with van der Waals surface area (Å²) in [6.45, 7) is 0.598. The van der Waals surface area contributed by atoms with E-state index in [0.717, 1.165) is 16.3 Å². The van der Waals surface area contributed by atoms with Gasteiger partial charge in [0.25, 0.3) is 0 Å². The molecule has 1 saturated heterocycles. The minimum Gasteiger partial charge on any atom is -0.311 e. The van der Waals surface area contributed by atoms with E-state index >= 15 is 0 Å². The molecule has 0 aliphatic carbocycles. The van der Waals surface area contributed by atoms with Crippen LogP contribution in [0.2, 0.25) is 0 Å². The number of rotatable bonds is 2. The molecule has 0 aromatic heterocycles. The summed E-state index contributed by atoms with van der Waals surface area (Å²) in [5.74, 6) is -0.236. The first-order chi connectivity index (χ1) is 8.74. The number of carbonyl (C=O) groups excluding carboxylic acids is 2. The Balaban J connectivity index is 1.95. The van der Waals surface area contributed by atoms with Gasteiger partial charge in [-0.1, -0.05) is 42.5 Å². The number of benzene rings is 2. The van der Waals surface area contributed by atoms with Gasteiger partial charge in [-0.2, -0.15) is 0 Å². The highest BCUT2D eigenvalue weighted by Crippen LogP contribution is 2.20. The summed E-state index contributed by atoms with van der Waals surface area (Å²) >= 11 is 0. The van der Waals surface area contributed by atoms with Crippen LogP contribution in [0.3, 0.4) is 0 Å². The molecule has 3 amide bonds. The summed E-state index contributed by atoms with van der Waals surface area (Å²) in [7, 11) is 0. The first-order valence-corrected chi connectivity index (χ1v) is 5.79. The van der Waals surface area contributed by atoms with E-state index in [0.29, 0.717) is 6.54 Å². The van der Waals surface area contributed by atoms with Gasteiger partial charge in [0.15, 0.2) is 0 Å². The van der Waals surface area contributed by atoms with Crippen molar-refractivity contribution in [3.63, 3.8) is 0 Å². The third kappa shape index (κ3) is 1.82. The number of fused-ring (bicyclic) bond motifs is 1. The Morgan fingerprint density at radius 2 is 1.83 bits per heavy atom. The molecule has 4 heteroatoms. The van der Waals surface area contributed by atoms with Crippen molar-refractivity contribution in [1.82, 2.24) is 10.2 Å². The molecule has 0 atom stereocenters. The highest BCUT2D eigenvalue weighted by Gasteiger charge is 2.26. The van der Waals surface area contributed by atoms with Crippen LogP contribution in [0.25, 0.3) is 10.8 Å². The maximum absolute atomic E-state index is 11.5. The number of hydrogen-bond donors (Lipinski definition) is 1. The first kappa shape index (κ1) is 10.8. The molecule has 0 saturated carbocycles. The van der Waals surface area contributed by atoms with Crippen LogP contribution in [0.5, 0.6) is 0 Å². The van der Waals surface area contributed by atoms with Crippen molar-refractivity contribution in [2.75, 3.05) is 6.54 Å². The molecular weight excluding hydrogens is 228 g/mol. The Kier molecular flexibility index (Phi) is 2.48. The minimum atomic E-state index is -0.312. The van der Waals surface area contributed by atoms with Crippen LogP contribution in [-0.2, 0) is 11.3 Å². The lowest BCUT2D eigenvalue weighted by Crippen LogP contribution is -2.27. The summed E-state index contributed by atoms with van der Waals surface area (Å²) in [6.07, 6.45) is 0. The zero-order valence-corrected chi connectivity index (χ0v) is 9.72. The normalized spacial score (nSPS) is 15.2. The summed E-state index contributed by atoms with van der Waals surface area (Å²) in [4.78, 5) is 24.2. The van der Waals surface area contributed by atoms with Gasteiger partial charge in [0.05, 0.1) is 0 Å². The fourth-order valence-corrected chi connectivity index (χ4v) is 2.25. The van der Waals surface area contributed by atoms with Gasteiger partial charge in [-0.25, -0.2) is 4.79 Å². The maximum atomic E-state index is 11.5. The molecule has 0 bridgehead atoms. The number of nitrogens with one attached hydrogen (secondary N) is 1. The van der Waals surface area contributed by atoms with E-state index in [4.69, 9.17) is 0 Å². The van der Waals surface area contributed by atoms with Crippen molar-refractivity contribution in [2.45, 2.75) is 6.54 Å². The van der Waals surface area contributed by atoms with E-state index in [1.807, 2.05) is 42.5 Å². The van der Waals surface area contributed by atoms with Crippen molar-refractivity contribution < 1.29 is 9.59 Å². The first-order valence-electron chi connectivity index (χ1n) is 5.79. The SMILES string of the molecule is O=C1CN(Cc2cccc3ccccc23)C(=O)N1. The van der Waals surface area contributed by atoms with Crippen LogP contribution in [-0.4, -0.2) is 23.4 Å². The van der Waals surface area contributed by atoms with Gasteiger partial charge in [-0.3, -0.25) is 10.1 Å². The van der Waals surface area contributed by atoms with Gasteiger partial charge >= 0.3 is 6.03 Å². The maximum Gasteiger partial charge on any atom is 0.324 e. The second-order valence-electron chi connectivity index (χ2n) is 4.35. The molecule has 0 radical (unpaired) electrons. The molecule has 18 heavy (non-hydrogen) atoms. The lowest BCUT2D eigenvalue weighted by Gasteiger charge is -2.14. The van der Waals surface area contributed by atoms with E-state index in [9.17, 15) is 9.59 Å². The van der Waals surface area contributed by atoms with Gasteiger partial charge in [0.2, 0.25) is 5.91 Å².